The molecule has 0 aliphatic heterocycles. The zero-order valence-electron chi connectivity index (χ0n) is 9.16. The van der Waals surface area contributed by atoms with Crippen molar-refractivity contribution in [2.75, 3.05) is 7.11 Å². The van der Waals surface area contributed by atoms with Gasteiger partial charge in [0.05, 0.1) is 7.11 Å². The zero-order valence-corrected chi connectivity index (χ0v) is 10.3. The molecule has 3 nitrogen and oxygen atoms in total. The molecule has 0 aromatic heterocycles. The van der Waals surface area contributed by atoms with Gasteiger partial charge in [-0.15, -0.1) is 0 Å². The standard InChI is InChI=1S/C5H14OSi.C4H6O2/c1-5(2)6-7(3)4;1-3-4(5)6-2/h5,7H,1-4H3;3H,1H2,2H3. The molecule has 0 N–H and O–H groups in total. The minimum absolute atomic E-state index is 0.394. The van der Waals surface area contributed by atoms with Crippen LogP contribution in [0.15, 0.2) is 12.7 Å². The van der Waals surface area contributed by atoms with E-state index in [1.54, 1.807) is 0 Å². The van der Waals surface area contributed by atoms with Crippen LogP contribution < -0.4 is 0 Å². The number of methoxy groups -OCH3 is 1. The molecule has 0 aromatic rings. The summed E-state index contributed by atoms with van der Waals surface area (Å²) in [4.78, 5) is 9.84. The van der Waals surface area contributed by atoms with Gasteiger partial charge in [0, 0.05) is 12.2 Å². The summed E-state index contributed by atoms with van der Waals surface area (Å²) < 4.78 is 9.53. The van der Waals surface area contributed by atoms with Crippen molar-refractivity contribution in [3.63, 3.8) is 0 Å². The molecule has 0 bridgehead atoms. The highest BCUT2D eigenvalue weighted by Crippen LogP contribution is 1.90. The van der Waals surface area contributed by atoms with Crippen molar-refractivity contribution in [2.24, 2.45) is 0 Å². The van der Waals surface area contributed by atoms with Crippen LogP contribution in [0.2, 0.25) is 13.1 Å². The maximum atomic E-state index is 9.84. The largest absolute Gasteiger partial charge is 0.466 e. The van der Waals surface area contributed by atoms with Gasteiger partial charge in [-0.25, -0.2) is 4.79 Å². The topological polar surface area (TPSA) is 35.5 Å². The van der Waals surface area contributed by atoms with E-state index in [0.717, 1.165) is 6.08 Å². The molecule has 0 fully saturated rings. The number of ether oxygens (including phenoxy) is 1. The second-order valence-corrected chi connectivity index (χ2v) is 5.33. The highest BCUT2D eigenvalue weighted by Gasteiger charge is 1.96. The molecule has 0 heterocycles. The van der Waals surface area contributed by atoms with Crippen LogP contribution in [0.25, 0.3) is 0 Å². The van der Waals surface area contributed by atoms with Gasteiger partial charge in [0.1, 0.15) is 0 Å². The monoisotopic (exact) mass is 204 g/mol. The molecule has 78 valence electrons. The van der Waals surface area contributed by atoms with Gasteiger partial charge in [0.15, 0.2) is 9.04 Å². The first-order valence-corrected chi connectivity index (χ1v) is 7.08. The molecule has 0 aromatic carbocycles. The summed E-state index contributed by atoms with van der Waals surface area (Å²) in [6, 6.07) is 0. The van der Waals surface area contributed by atoms with E-state index < -0.39 is 15.0 Å². The average Bonchev–Trinajstić information content (AvgIpc) is 2.01. The van der Waals surface area contributed by atoms with Crippen LogP contribution in [-0.4, -0.2) is 28.2 Å². The van der Waals surface area contributed by atoms with Crippen molar-refractivity contribution in [1.29, 1.82) is 0 Å². The van der Waals surface area contributed by atoms with E-state index >= 15 is 0 Å². The highest BCUT2D eigenvalue weighted by atomic mass is 28.3. The Kier molecular flexibility index (Phi) is 10.8. The fourth-order valence-electron chi connectivity index (χ4n) is 0.628. The number of rotatable bonds is 3. The molecule has 0 rings (SSSR count). The van der Waals surface area contributed by atoms with Crippen LogP contribution in [0.4, 0.5) is 0 Å². The van der Waals surface area contributed by atoms with Gasteiger partial charge in [-0.3, -0.25) is 0 Å². The van der Waals surface area contributed by atoms with Crippen LogP contribution in [0.3, 0.4) is 0 Å². The highest BCUT2D eigenvalue weighted by molar-refractivity contribution is 6.48. The SMILES string of the molecule is C=CC(=O)OC.CC(C)O[SiH](C)C. The predicted molar refractivity (Wildman–Crippen MR) is 57.3 cm³/mol. The summed E-state index contributed by atoms with van der Waals surface area (Å²) >= 11 is 0. The summed E-state index contributed by atoms with van der Waals surface area (Å²) in [5.74, 6) is -0.394. The Balaban J connectivity index is 0. The van der Waals surface area contributed by atoms with Gasteiger partial charge in [0.2, 0.25) is 0 Å². The minimum atomic E-state index is -0.728. The summed E-state index contributed by atoms with van der Waals surface area (Å²) in [6.07, 6.45) is 1.55. The summed E-state index contributed by atoms with van der Waals surface area (Å²) in [6.45, 7) is 11.7. The Morgan fingerprint density at radius 1 is 1.46 bits per heavy atom. The Morgan fingerprint density at radius 2 is 1.92 bits per heavy atom. The van der Waals surface area contributed by atoms with Crippen molar-refractivity contribution < 1.29 is 14.0 Å². The number of carbonyl (C=O) groups is 1. The number of carbonyl (C=O) groups excluding carboxylic acids is 1. The third-order valence-electron chi connectivity index (χ3n) is 0.912. The average molecular weight is 204 g/mol. The first-order valence-electron chi connectivity index (χ1n) is 4.29. The first-order chi connectivity index (χ1) is 5.93. The van der Waals surface area contributed by atoms with Crippen molar-refractivity contribution >= 4 is 15.0 Å². The maximum Gasteiger partial charge on any atom is 0.329 e. The molecule has 0 spiro atoms. The van der Waals surface area contributed by atoms with Gasteiger partial charge in [-0.1, -0.05) is 6.58 Å². The van der Waals surface area contributed by atoms with Crippen molar-refractivity contribution in [3.05, 3.63) is 12.7 Å². The molecule has 0 radical (unpaired) electrons. The van der Waals surface area contributed by atoms with E-state index in [1.165, 1.54) is 7.11 Å². The molecular weight excluding hydrogens is 184 g/mol. The minimum Gasteiger partial charge on any atom is -0.466 e. The smallest absolute Gasteiger partial charge is 0.329 e. The van der Waals surface area contributed by atoms with E-state index in [4.69, 9.17) is 4.43 Å². The molecule has 0 saturated carbocycles. The van der Waals surface area contributed by atoms with Gasteiger partial charge in [0.25, 0.3) is 0 Å². The van der Waals surface area contributed by atoms with Crippen LogP contribution in [0, 0.1) is 0 Å². The quantitative estimate of drug-likeness (QED) is 0.399. The third kappa shape index (κ3) is 18.4. The molecule has 0 unspecified atom stereocenters. The number of hydrogen-bond donors (Lipinski definition) is 0. The lowest BCUT2D eigenvalue weighted by atomic mass is 10.5. The number of hydrogen-bond acceptors (Lipinski definition) is 3. The van der Waals surface area contributed by atoms with Crippen LogP contribution in [0.5, 0.6) is 0 Å². The van der Waals surface area contributed by atoms with E-state index in [2.05, 4.69) is 38.3 Å². The van der Waals surface area contributed by atoms with Gasteiger partial charge in [-0.05, 0) is 26.9 Å². The van der Waals surface area contributed by atoms with Crippen LogP contribution in [0.1, 0.15) is 13.8 Å². The number of esters is 1. The van der Waals surface area contributed by atoms with Crippen molar-refractivity contribution in [2.45, 2.75) is 33.0 Å². The molecule has 0 amide bonds. The first kappa shape index (κ1) is 14.9. The van der Waals surface area contributed by atoms with E-state index in [-0.39, 0.29) is 0 Å². The summed E-state index contributed by atoms with van der Waals surface area (Å²) in [5.41, 5.74) is 0. The zero-order chi connectivity index (χ0) is 10.9. The Morgan fingerprint density at radius 3 is 1.92 bits per heavy atom. The lowest BCUT2D eigenvalue weighted by Gasteiger charge is -2.08. The fraction of sp³-hybridized carbons (Fsp3) is 0.667. The van der Waals surface area contributed by atoms with E-state index in [9.17, 15) is 4.79 Å². The van der Waals surface area contributed by atoms with Crippen LogP contribution in [-0.2, 0) is 14.0 Å². The fourth-order valence-corrected chi connectivity index (χ4v) is 1.72. The molecule has 0 aliphatic rings. The van der Waals surface area contributed by atoms with E-state index in [0.29, 0.717) is 6.10 Å². The molecule has 0 saturated heterocycles. The Hall–Kier alpha value is -0.613. The van der Waals surface area contributed by atoms with Gasteiger partial charge < -0.3 is 9.16 Å². The lowest BCUT2D eigenvalue weighted by Crippen LogP contribution is -2.13. The summed E-state index contributed by atoms with van der Waals surface area (Å²) in [5, 5.41) is 0. The van der Waals surface area contributed by atoms with Gasteiger partial charge >= 0.3 is 5.97 Å². The third-order valence-corrected chi connectivity index (χ3v) is 2.00. The maximum absolute atomic E-state index is 9.84. The summed E-state index contributed by atoms with van der Waals surface area (Å²) in [7, 11) is 0.581. The normalized spacial score (nSPS) is 9.15. The molecule has 0 atom stereocenters. The Bertz CT molecular complexity index is 138. The van der Waals surface area contributed by atoms with Crippen molar-refractivity contribution in [1.82, 2.24) is 0 Å². The molecular formula is C9H20O3Si. The van der Waals surface area contributed by atoms with Crippen molar-refractivity contribution in [3.8, 4) is 0 Å². The lowest BCUT2D eigenvalue weighted by molar-refractivity contribution is -0.134. The van der Waals surface area contributed by atoms with Gasteiger partial charge in [-0.2, -0.15) is 0 Å². The predicted octanol–water partition coefficient (Wildman–Crippen LogP) is 1.74. The van der Waals surface area contributed by atoms with Crippen LogP contribution >= 0.6 is 0 Å². The van der Waals surface area contributed by atoms with E-state index in [1.807, 2.05) is 0 Å². The Labute approximate surface area is 82.5 Å². The molecule has 0 aliphatic carbocycles. The second-order valence-electron chi connectivity index (χ2n) is 2.96. The second kappa shape index (κ2) is 9.47. The molecule has 13 heavy (non-hydrogen) atoms. The molecule has 4 heteroatoms.